The number of carbonyl (C=O) groups is 2. The van der Waals surface area contributed by atoms with Gasteiger partial charge in [-0.25, -0.2) is 0 Å². The van der Waals surface area contributed by atoms with Gasteiger partial charge in [-0.05, 0) is 54.2 Å². The zero-order valence-electron chi connectivity index (χ0n) is 18.6. The van der Waals surface area contributed by atoms with Crippen LogP contribution in [0, 0.1) is 0 Å². The van der Waals surface area contributed by atoms with Gasteiger partial charge in [0.25, 0.3) is 0 Å². The van der Waals surface area contributed by atoms with Gasteiger partial charge in [-0.2, -0.15) is 0 Å². The summed E-state index contributed by atoms with van der Waals surface area (Å²) in [6.07, 6.45) is 10.00. The van der Waals surface area contributed by atoms with Gasteiger partial charge in [0.1, 0.15) is 5.75 Å². The Morgan fingerprint density at radius 1 is 1.00 bits per heavy atom. The van der Waals surface area contributed by atoms with E-state index in [1.807, 2.05) is 71.5 Å². The molecule has 0 aliphatic rings. The molecule has 172 valence electrons. The number of hydrogen-bond acceptors (Lipinski definition) is 3. The first-order chi connectivity index (χ1) is 16.0. The molecule has 2 aromatic carbocycles. The van der Waals surface area contributed by atoms with E-state index < -0.39 is 11.9 Å². The van der Waals surface area contributed by atoms with Crippen LogP contribution in [-0.4, -0.2) is 33.3 Å². The van der Waals surface area contributed by atoms with Crippen LogP contribution in [-0.2, 0) is 22.6 Å². The van der Waals surface area contributed by atoms with Crippen LogP contribution in [0.3, 0.4) is 0 Å². The SMILES string of the molecule is C=CCCCOc1ccc(/C=C/c2cccc3c2c(CC(=O)O)cn3CCCC(=O)O)cc1. The summed E-state index contributed by atoms with van der Waals surface area (Å²) in [5.74, 6) is -0.920. The molecule has 0 atom stereocenters. The van der Waals surface area contributed by atoms with Crippen LogP contribution in [0.5, 0.6) is 5.75 Å². The van der Waals surface area contributed by atoms with E-state index in [0.717, 1.165) is 46.2 Å². The highest BCUT2D eigenvalue weighted by atomic mass is 16.5. The Kier molecular flexibility index (Phi) is 8.47. The van der Waals surface area contributed by atoms with E-state index in [0.29, 0.717) is 19.6 Å². The van der Waals surface area contributed by atoms with Crippen LogP contribution < -0.4 is 4.74 Å². The summed E-state index contributed by atoms with van der Waals surface area (Å²) in [5, 5.41) is 19.2. The maximum Gasteiger partial charge on any atom is 0.307 e. The van der Waals surface area contributed by atoms with Crippen LogP contribution in [0.2, 0.25) is 0 Å². The Morgan fingerprint density at radius 3 is 2.48 bits per heavy atom. The lowest BCUT2D eigenvalue weighted by molar-refractivity contribution is -0.137. The average molecular weight is 448 g/mol. The lowest BCUT2D eigenvalue weighted by atomic mass is 10.0. The van der Waals surface area contributed by atoms with Crippen molar-refractivity contribution in [3.63, 3.8) is 0 Å². The number of nitrogens with zero attached hydrogens (tertiary/aromatic N) is 1. The van der Waals surface area contributed by atoms with Crippen LogP contribution >= 0.6 is 0 Å². The summed E-state index contributed by atoms with van der Waals surface area (Å²) in [6, 6.07) is 13.7. The predicted molar refractivity (Wildman–Crippen MR) is 130 cm³/mol. The molecule has 3 rings (SSSR count). The number of hydrogen-bond donors (Lipinski definition) is 2. The van der Waals surface area contributed by atoms with E-state index in [9.17, 15) is 14.7 Å². The topological polar surface area (TPSA) is 88.8 Å². The molecule has 2 N–H and O–H groups in total. The molecule has 0 aliphatic carbocycles. The Hall–Kier alpha value is -3.80. The minimum absolute atomic E-state index is 0.0709. The van der Waals surface area contributed by atoms with Gasteiger partial charge in [0.2, 0.25) is 0 Å². The third kappa shape index (κ3) is 6.84. The zero-order valence-corrected chi connectivity index (χ0v) is 18.6. The van der Waals surface area contributed by atoms with Crippen molar-refractivity contribution in [1.29, 1.82) is 0 Å². The first kappa shape index (κ1) is 23.9. The van der Waals surface area contributed by atoms with Gasteiger partial charge in [0.05, 0.1) is 13.0 Å². The summed E-state index contributed by atoms with van der Waals surface area (Å²) in [7, 11) is 0. The summed E-state index contributed by atoms with van der Waals surface area (Å²) in [6.45, 7) is 4.88. The molecule has 0 spiro atoms. The number of aromatic nitrogens is 1. The van der Waals surface area contributed by atoms with Gasteiger partial charge in [-0.15, -0.1) is 6.58 Å². The van der Waals surface area contributed by atoms with Gasteiger partial charge in [-0.3, -0.25) is 9.59 Å². The van der Waals surface area contributed by atoms with Crippen molar-refractivity contribution in [2.24, 2.45) is 0 Å². The molecule has 6 heteroatoms. The van der Waals surface area contributed by atoms with Crippen molar-refractivity contribution < 1.29 is 24.5 Å². The first-order valence-corrected chi connectivity index (χ1v) is 11.0. The van der Waals surface area contributed by atoms with Crippen LogP contribution in [0.4, 0.5) is 0 Å². The van der Waals surface area contributed by atoms with Crippen molar-refractivity contribution in [3.8, 4) is 5.75 Å². The number of fused-ring (bicyclic) bond motifs is 1. The molecule has 3 aromatic rings. The van der Waals surface area contributed by atoms with Crippen molar-refractivity contribution in [1.82, 2.24) is 4.57 Å². The number of ether oxygens (including phenoxy) is 1. The minimum Gasteiger partial charge on any atom is -0.494 e. The molecule has 0 fully saturated rings. The predicted octanol–water partition coefficient (Wildman–Crippen LogP) is 5.65. The van der Waals surface area contributed by atoms with E-state index in [4.69, 9.17) is 9.84 Å². The van der Waals surface area contributed by atoms with E-state index in [1.165, 1.54) is 0 Å². The monoisotopic (exact) mass is 447 g/mol. The van der Waals surface area contributed by atoms with Crippen LogP contribution in [0.15, 0.2) is 61.3 Å². The maximum atomic E-state index is 11.4. The second-order valence-electron chi connectivity index (χ2n) is 7.84. The molecule has 0 radical (unpaired) electrons. The number of allylic oxidation sites excluding steroid dienone is 1. The highest BCUT2D eigenvalue weighted by molar-refractivity contribution is 5.96. The third-order valence-electron chi connectivity index (χ3n) is 5.31. The van der Waals surface area contributed by atoms with Crippen molar-refractivity contribution in [2.45, 2.75) is 38.6 Å². The zero-order chi connectivity index (χ0) is 23.6. The molecule has 0 aliphatic heterocycles. The van der Waals surface area contributed by atoms with Gasteiger partial charge in [0, 0.05) is 30.1 Å². The fourth-order valence-electron chi connectivity index (χ4n) is 3.77. The number of carboxylic acids is 2. The highest BCUT2D eigenvalue weighted by Gasteiger charge is 2.14. The number of benzene rings is 2. The largest absolute Gasteiger partial charge is 0.494 e. The van der Waals surface area contributed by atoms with Crippen LogP contribution in [0.25, 0.3) is 23.1 Å². The van der Waals surface area contributed by atoms with E-state index in [2.05, 4.69) is 6.58 Å². The Labute approximate surface area is 193 Å². The molecular formula is C27H29NO5. The van der Waals surface area contributed by atoms with E-state index in [1.54, 1.807) is 0 Å². The molecule has 1 heterocycles. The number of aryl methyl sites for hydroxylation is 1. The molecule has 6 nitrogen and oxygen atoms in total. The van der Waals surface area contributed by atoms with Crippen molar-refractivity contribution in [2.75, 3.05) is 6.61 Å². The molecule has 1 aromatic heterocycles. The molecule has 0 unspecified atom stereocenters. The Bertz CT molecular complexity index is 1140. The smallest absolute Gasteiger partial charge is 0.307 e. The third-order valence-corrected chi connectivity index (χ3v) is 5.31. The Balaban J connectivity index is 1.82. The Morgan fingerprint density at radius 2 is 1.79 bits per heavy atom. The van der Waals surface area contributed by atoms with Gasteiger partial charge >= 0.3 is 11.9 Å². The number of unbranched alkanes of at least 4 members (excludes halogenated alkanes) is 1. The average Bonchev–Trinajstić information content (AvgIpc) is 3.13. The second-order valence-corrected chi connectivity index (χ2v) is 7.84. The maximum absolute atomic E-state index is 11.4. The van der Waals surface area contributed by atoms with Gasteiger partial charge in [0.15, 0.2) is 0 Å². The fraction of sp³-hybridized carbons (Fsp3) is 0.259. The van der Waals surface area contributed by atoms with Crippen LogP contribution in [0.1, 0.15) is 42.4 Å². The normalized spacial score (nSPS) is 11.2. The molecule has 0 amide bonds. The van der Waals surface area contributed by atoms with Gasteiger partial charge < -0.3 is 19.5 Å². The quantitative estimate of drug-likeness (QED) is 0.201. The number of aliphatic carboxylic acids is 2. The molecule has 0 saturated heterocycles. The summed E-state index contributed by atoms with van der Waals surface area (Å²) in [4.78, 5) is 22.3. The standard InChI is InChI=1S/C27H29NO5/c1-2-3-4-17-33-23-14-11-20(12-15-23)10-13-21-7-5-8-24-27(21)22(18-26(31)32)19-28(24)16-6-9-25(29)30/h2,5,7-8,10-15,19H,1,3-4,6,9,16-18H2,(H,29,30)(H,31,32)/b13-10+. The minimum atomic E-state index is -0.901. The van der Waals surface area contributed by atoms with Crippen molar-refractivity contribution in [3.05, 3.63) is 78.0 Å². The number of carboxylic acid groups (broad SMARTS) is 2. The molecule has 0 saturated carbocycles. The van der Waals surface area contributed by atoms with Gasteiger partial charge in [-0.1, -0.05) is 42.5 Å². The van der Waals surface area contributed by atoms with E-state index in [-0.39, 0.29) is 12.8 Å². The second kappa shape index (κ2) is 11.7. The number of rotatable bonds is 13. The summed E-state index contributed by atoms with van der Waals surface area (Å²) >= 11 is 0. The lowest BCUT2D eigenvalue weighted by Gasteiger charge is -2.06. The highest BCUT2D eigenvalue weighted by Crippen LogP contribution is 2.28. The first-order valence-electron chi connectivity index (χ1n) is 11.0. The summed E-state index contributed by atoms with van der Waals surface area (Å²) in [5.41, 5.74) is 3.55. The molecule has 33 heavy (non-hydrogen) atoms. The molecular weight excluding hydrogens is 418 g/mol. The summed E-state index contributed by atoms with van der Waals surface area (Å²) < 4.78 is 7.67. The van der Waals surface area contributed by atoms with E-state index >= 15 is 0 Å². The lowest BCUT2D eigenvalue weighted by Crippen LogP contribution is -2.01. The molecule has 0 bridgehead atoms. The van der Waals surface area contributed by atoms with Crippen molar-refractivity contribution >= 4 is 35.0 Å². The fourth-order valence-corrected chi connectivity index (χ4v) is 3.77.